The lowest BCUT2D eigenvalue weighted by atomic mass is 10.1. The molecule has 0 aromatic carbocycles. The summed E-state index contributed by atoms with van der Waals surface area (Å²) in [6.07, 6.45) is 3.02. The number of halogens is 4. The number of aromatic nitrogens is 3. The Morgan fingerprint density at radius 2 is 1.97 bits per heavy atom. The third-order valence-electron chi connectivity index (χ3n) is 4.79. The zero-order valence-electron chi connectivity index (χ0n) is 16.2. The highest BCUT2D eigenvalue weighted by molar-refractivity contribution is 7.89. The maximum atomic E-state index is 12.8. The number of pyridine rings is 2. The second kappa shape index (κ2) is 7.74. The van der Waals surface area contributed by atoms with Crippen molar-refractivity contribution in [2.45, 2.75) is 24.0 Å². The first-order valence-corrected chi connectivity index (χ1v) is 10.9. The van der Waals surface area contributed by atoms with Gasteiger partial charge in [-0.1, -0.05) is 17.7 Å². The maximum absolute atomic E-state index is 12.8. The van der Waals surface area contributed by atoms with Crippen LogP contribution in [0.3, 0.4) is 0 Å². The summed E-state index contributed by atoms with van der Waals surface area (Å²) in [5.41, 5.74) is 1.99. The summed E-state index contributed by atoms with van der Waals surface area (Å²) in [7, 11) is -4.46. The van der Waals surface area contributed by atoms with Gasteiger partial charge >= 0.3 is 6.18 Å². The molecule has 4 rings (SSSR count). The number of allylic oxidation sites excluding steroid dienone is 4. The predicted molar refractivity (Wildman–Crippen MR) is 112 cm³/mol. The van der Waals surface area contributed by atoms with E-state index in [1.807, 2.05) is 0 Å². The molecule has 7 nitrogen and oxygen atoms in total. The lowest BCUT2D eigenvalue weighted by Gasteiger charge is -2.17. The Morgan fingerprint density at radius 1 is 1.25 bits per heavy atom. The van der Waals surface area contributed by atoms with Crippen LogP contribution < -0.4 is 4.72 Å². The van der Waals surface area contributed by atoms with Gasteiger partial charge in [0.15, 0.2) is 0 Å². The molecule has 0 fully saturated rings. The van der Waals surface area contributed by atoms with Crippen LogP contribution in [0.2, 0.25) is 5.02 Å². The van der Waals surface area contributed by atoms with Crippen molar-refractivity contribution in [3.8, 4) is 17.5 Å². The smallest absolute Gasteiger partial charge is 0.291 e. The summed E-state index contributed by atoms with van der Waals surface area (Å²) < 4.78 is 66.1. The lowest BCUT2D eigenvalue weighted by molar-refractivity contribution is -0.147. The molecule has 0 bridgehead atoms. The zero-order valence-corrected chi connectivity index (χ0v) is 17.8. The number of fused-ring (bicyclic) bond motifs is 1. The Hall–Kier alpha value is -3.20. The molecule has 1 aliphatic carbocycles. The molecule has 0 unspecified atom stereocenters. The van der Waals surface area contributed by atoms with Gasteiger partial charge in [-0.2, -0.15) is 23.2 Å². The molecule has 0 saturated carbocycles. The predicted octanol–water partition coefficient (Wildman–Crippen LogP) is 4.26. The minimum absolute atomic E-state index is 0.225. The minimum atomic E-state index is -4.73. The molecular formula is C20H13ClF3N5O2S. The molecule has 0 spiro atoms. The highest BCUT2D eigenvalue weighted by atomic mass is 35.5. The fourth-order valence-corrected chi connectivity index (χ4v) is 4.46. The fourth-order valence-electron chi connectivity index (χ4n) is 3.12. The van der Waals surface area contributed by atoms with Crippen molar-refractivity contribution < 1.29 is 21.6 Å². The zero-order chi connectivity index (χ0) is 23.3. The molecular weight excluding hydrogens is 467 g/mol. The van der Waals surface area contributed by atoms with E-state index in [0.29, 0.717) is 28.7 Å². The summed E-state index contributed by atoms with van der Waals surface area (Å²) in [6.45, 7) is 0.703. The van der Waals surface area contributed by atoms with E-state index >= 15 is 0 Å². The lowest BCUT2D eigenvalue weighted by Crippen LogP contribution is -2.42. The van der Waals surface area contributed by atoms with Crippen molar-refractivity contribution in [2.24, 2.45) is 0 Å². The molecule has 1 atom stereocenters. The Balaban J connectivity index is 1.82. The number of hydrogen-bond acceptors (Lipinski definition) is 5. The Bertz CT molecular complexity index is 1440. The van der Waals surface area contributed by atoms with E-state index in [4.69, 9.17) is 11.6 Å². The number of nitrogens with zero attached hydrogens (tertiary/aromatic N) is 4. The van der Waals surface area contributed by atoms with Crippen molar-refractivity contribution in [2.75, 3.05) is 0 Å². The van der Waals surface area contributed by atoms with Crippen LogP contribution in [0.5, 0.6) is 0 Å². The van der Waals surface area contributed by atoms with E-state index in [1.54, 1.807) is 33.6 Å². The average molecular weight is 480 g/mol. The number of nitrogens with one attached hydrogen (secondary N) is 1. The van der Waals surface area contributed by atoms with Crippen molar-refractivity contribution in [1.29, 1.82) is 5.26 Å². The van der Waals surface area contributed by atoms with Gasteiger partial charge in [0.25, 0.3) is 0 Å². The van der Waals surface area contributed by atoms with Crippen LogP contribution >= 0.6 is 11.6 Å². The average Bonchev–Trinajstić information content (AvgIpc) is 2.99. The first-order chi connectivity index (χ1) is 15.0. The van der Waals surface area contributed by atoms with Gasteiger partial charge < -0.3 is 0 Å². The molecule has 3 heterocycles. The molecule has 3 aromatic heterocycles. The van der Waals surface area contributed by atoms with Crippen LogP contribution in [-0.2, 0) is 10.0 Å². The van der Waals surface area contributed by atoms with Crippen LogP contribution in [0.15, 0.2) is 53.7 Å². The summed E-state index contributed by atoms with van der Waals surface area (Å²) in [5.74, 6) is 0. The van der Waals surface area contributed by atoms with Crippen LogP contribution in [0.25, 0.3) is 28.1 Å². The van der Waals surface area contributed by atoms with Gasteiger partial charge in [0.2, 0.25) is 10.0 Å². The number of sulfonamides is 1. The largest absolute Gasteiger partial charge is 0.404 e. The standard InChI is InChI=1S/C20H13ClF3N5O2S/c1-11(20(22,23)24)28-32(30,31)14-5-6-17(26-10-14)18-16(8-25)15-7-12(21)9-27-19(15)29(18)13-3-2-4-13/h2-7,9-11,28H,1H3/t11-/m0/s1. The molecule has 164 valence electrons. The first-order valence-electron chi connectivity index (χ1n) is 9.07. The first kappa shape index (κ1) is 22.0. The Kier molecular flexibility index (Phi) is 5.32. The molecule has 3 aromatic rings. The van der Waals surface area contributed by atoms with Gasteiger partial charge in [-0.05, 0) is 37.3 Å². The van der Waals surface area contributed by atoms with E-state index < -0.39 is 27.1 Å². The van der Waals surface area contributed by atoms with Crippen LogP contribution in [0, 0.1) is 11.3 Å². The molecule has 0 amide bonds. The summed E-state index contributed by atoms with van der Waals surface area (Å²) in [6, 6.07) is 3.88. The molecule has 1 aliphatic rings. The molecule has 12 heteroatoms. The number of hydrogen-bond donors (Lipinski definition) is 1. The van der Waals surface area contributed by atoms with E-state index in [0.717, 1.165) is 18.0 Å². The van der Waals surface area contributed by atoms with Crippen molar-refractivity contribution in [3.05, 3.63) is 59.4 Å². The van der Waals surface area contributed by atoms with Crippen molar-refractivity contribution >= 4 is 38.4 Å². The second-order valence-corrected chi connectivity index (χ2v) is 9.06. The number of rotatable bonds is 5. The topological polar surface area (TPSA) is 101 Å². The molecule has 0 radical (unpaired) electrons. The van der Waals surface area contributed by atoms with Gasteiger partial charge in [0, 0.05) is 23.5 Å². The monoisotopic (exact) mass is 479 g/mol. The van der Waals surface area contributed by atoms with Gasteiger partial charge in [-0.15, -0.1) is 0 Å². The minimum Gasteiger partial charge on any atom is -0.291 e. The summed E-state index contributed by atoms with van der Waals surface area (Å²) >= 11 is 6.05. The Labute approximate surface area is 185 Å². The highest BCUT2D eigenvalue weighted by Gasteiger charge is 2.39. The Morgan fingerprint density at radius 3 is 2.50 bits per heavy atom. The van der Waals surface area contributed by atoms with Gasteiger partial charge in [0.1, 0.15) is 22.7 Å². The van der Waals surface area contributed by atoms with E-state index in [2.05, 4.69) is 16.0 Å². The normalized spacial score (nSPS) is 14.7. The third-order valence-corrected chi connectivity index (χ3v) is 6.52. The van der Waals surface area contributed by atoms with Gasteiger partial charge in [-0.3, -0.25) is 9.55 Å². The summed E-state index contributed by atoms with van der Waals surface area (Å²) in [5, 5.41) is 10.6. The highest BCUT2D eigenvalue weighted by Crippen LogP contribution is 2.37. The van der Waals surface area contributed by atoms with Crippen molar-refractivity contribution in [3.63, 3.8) is 0 Å². The van der Waals surface area contributed by atoms with E-state index in [-0.39, 0.29) is 11.3 Å². The molecule has 32 heavy (non-hydrogen) atoms. The second-order valence-electron chi connectivity index (χ2n) is 6.91. The van der Waals surface area contributed by atoms with Crippen molar-refractivity contribution in [1.82, 2.24) is 19.3 Å². The van der Waals surface area contributed by atoms with Gasteiger partial charge in [-0.25, -0.2) is 13.4 Å². The van der Waals surface area contributed by atoms with Gasteiger partial charge in [0.05, 0.1) is 22.0 Å². The number of alkyl halides is 3. The van der Waals surface area contributed by atoms with Crippen LogP contribution in [0.1, 0.15) is 12.5 Å². The van der Waals surface area contributed by atoms with E-state index in [1.165, 1.54) is 12.3 Å². The third kappa shape index (κ3) is 3.77. The fraction of sp³-hybridized carbons (Fsp3) is 0.150. The molecule has 1 N–H and O–H groups in total. The number of nitriles is 1. The summed E-state index contributed by atoms with van der Waals surface area (Å²) in [4.78, 5) is 8.00. The quantitative estimate of drug-likeness (QED) is 0.589. The SMILES string of the molecule is C[C@H](NS(=O)(=O)c1ccc(-c2c(C#N)c3cc(Cl)cnc3n2C2=CC=C2)nc1)C(F)(F)F. The molecule has 0 aliphatic heterocycles. The van der Waals surface area contributed by atoms with Crippen LogP contribution in [0.4, 0.5) is 13.2 Å². The van der Waals surface area contributed by atoms with Crippen LogP contribution in [-0.4, -0.2) is 35.2 Å². The maximum Gasteiger partial charge on any atom is 0.404 e. The van der Waals surface area contributed by atoms with E-state index in [9.17, 15) is 26.9 Å². The molecule has 0 saturated heterocycles.